The van der Waals surface area contributed by atoms with Crippen LogP contribution in [0.15, 0.2) is 0 Å². The molecule has 1 rings (SSSR count). The van der Waals surface area contributed by atoms with E-state index < -0.39 is 0 Å². The van der Waals surface area contributed by atoms with Crippen molar-refractivity contribution in [2.75, 3.05) is 6.54 Å². The highest BCUT2D eigenvalue weighted by Crippen LogP contribution is 2.16. The van der Waals surface area contributed by atoms with Crippen molar-refractivity contribution in [1.29, 1.82) is 0 Å². The van der Waals surface area contributed by atoms with Crippen molar-refractivity contribution in [1.82, 2.24) is 5.32 Å². The Bertz CT molecular complexity index is 85.0. The van der Waals surface area contributed by atoms with Gasteiger partial charge < -0.3 is 5.32 Å². The fourth-order valence-corrected chi connectivity index (χ4v) is 1.61. The number of nitrogens with one attached hydrogen (secondary N) is 1. The molecule has 2 atom stereocenters. The maximum atomic E-state index is 3.52. The molecule has 74 valence electrons. The van der Waals surface area contributed by atoms with Crippen molar-refractivity contribution in [2.24, 2.45) is 5.92 Å². The van der Waals surface area contributed by atoms with Gasteiger partial charge in [0.1, 0.15) is 0 Å². The Labute approximate surface area is 77.9 Å². The third-order valence-corrected chi connectivity index (χ3v) is 2.55. The van der Waals surface area contributed by atoms with Crippen molar-refractivity contribution >= 4 is 0 Å². The molecule has 0 amide bonds. The van der Waals surface area contributed by atoms with E-state index in [1.54, 1.807) is 0 Å². The first-order chi connectivity index (χ1) is 5.83. The van der Waals surface area contributed by atoms with E-state index in [2.05, 4.69) is 19.2 Å². The zero-order valence-electron chi connectivity index (χ0n) is 9.19. The summed E-state index contributed by atoms with van der Waals surface area (Å²) in [6, 6.07) is 0.843. The lowest BCUT2D eigenvalue weighted by Crippen LogP contribution is -2.23. The molecule has 1 aliphatic heterocycles. The lowest BCUT2D eigenvalue weighted by atomic mass is 9.99. The van der Waals surface area contributed by atoms with E-state index >= 15 is 0 Å². The average Bonchev–Trinajstić information content (AvgIpc) is 2.60. The fourth-order valence-electron chi connectivity index (χ4n) is 1.61. The molecule has 1 aliphatic rings. The van der Waals surface area contributed by atoms with Gasteiger partial charge in [-0.25, -0.2) is 0 Å². The van der Waals surface area contributed by atoms with Crippen LogP contribution in [0.5, 0.6) is 0 Å². The van der Waals surface area contributed by atoms with E-state index in [0.717, 1.165) is 12.0 Å². The van der Waals surface area contributed by atoms with Crippen molar-refractivity contribution in [3.8, 4) is 0 Å². The van der Waals surface area contributed by atoms with Crippen molar-refractivity contribution in [3.05, 3.63) is 0 Å². The highest BCUT2D eigenvalue weighted by Gasteiger charge is 2.15. The van der Waals surface area contributed by atoms with Gasteiger partial charge in [0.05, 0.1) is 0 Å². The lowest BCUT2D eigenvalue weighted by molar-refractivity contribution is 0.428. The standard InChI is InChI=1S/C9H19N.C2H6/c1-3-8(2)7-9-5-4-6-10-9;1-2/h8-10H,3-7H2,1-2H3;1-2H3. The Morgan fingerprint density at radius 1 is 1.42 bits per heavy atom. The molecular weight excluding hydrogens is 146 g/mol. The van der Waals surface area contributed by atoms with Crippen molar-refractivity contribution in [3.63, 3.8) is 0 Å². The molecule has 12 heavy (non-hydrogen) atoms. The Morgan fingerprint density at radius 2 is 2.08 bits per heavy atom. The highest BCUT2D eigenvalue weighted by molar-refractivity contribution is 4.75. The molecular formula is C11H25N. The molecule has 0 aromatic carbocycles. The summed E-state index contributed by atoms with van der Waals surface area (Å²) in [6.07, 6.45) is 5.51. The van der Waals surface area contributed by atoms with Crippen molar-refractivity contribution < 1.29 is 0 Å². The minimum Gasteiger partial charge on any atom is -0.314 e. The van der Waals surface area contributed by atoms with E-state index in [1.165, 1.54) is 32.2 Å². The van der Waals surface area contributed by atoms with E-state index in [9.17, 15) is 0 Å². The zero-order valence-corrected chi connectivity index (χ0v) is 9.19. The minimum atomic E-state index is 0.843. The second-order valence-corrected chi connectivity index (χ2v) is 3.54. The Morgan fingerprint density at radius 3 is 2.50 bits per heavy atom. The second-order valence-electron chi connectivity index (χ2n) is 3.54. The van der Waals surface area contributed by atoms with Gasteiger partial charge in [0.25, 0.3) is 0 Å². The van der Waals surface area contributed by atoms with E-state index in [1.807, 2.05) is 13.8 Å². The van der Waals surface area contributed by atoms with Gasteiger partial charge in [-0.1, -0.05) is 34.1 Å². The van der Waals surface area contributed by atoms with Crippen LogP contribution in [0.4, 0.5) is 0 Å². The monoisotopic (exact) mass is 171 g/mol. The number of rotatable bonds is 3. The van der Waals surface area contributed by atoms with Crippen LogP contribution in [0.3, 0.4) is 0 Å². The topological polar surface area (TPSA) is 12.0 Å². The average molecular weight is 171 g/mol. The summed E-state index contributed by atoms with van der Waals surface area (Å²) in [5.41, 5.74) is 0. The molecule has 0 spiro atoms. The lowest BCUT2D eigenvalue weighted by Gasteiger charge is -2.14. The Kier molecular flexibility index (Phi) is 7.58. The van der Waals surface area contributed by atoms with Gasteiger partial charge in [-0.05, 0) is 31.7 Å². The van der Waals surface area contributed by atoms with Gasteiger partial charge in [-0.2, -0.15) is 0 Å². The fraction of sp³-hybridized carbons (Fsp3) is 1.00. The maximum absolute atomic E-state index is 3.52. The second kappa shape index (κ2) is 7.60. The minimum absolute atomic E-state index is 0.843. The van der Waals surface area contributed by atoms with Crippen LogP contribution in [0.1, 0.15) is 53.4 Å². The van der Waals surface area contributed by atoms with Gasteiger partial charge in [0.2, 0.25) is 0 Å². The smallest absolute Gasteiger partial charge is 0.00700 e. The van der Waals surface area contributed by atoms with E-state index in [4.69, 9.17) is 0 Å². The van der Waals surface area contributed by atoms with Crippen LogP contribution in [0, 0.1) is 5.92 Å². The van der Waals surface area contributed by atoms with Crippen LogP contribution >= 0.6 is 0 Å². The molecule has 0 aliphatic carbocycles. The zero-order chi connectivity index (χ0) is 9.40. The first-order valence-electron chi connectivity index (χ1n) is 5.56. The van der Waals surface area contributed by atoms with E-state index in [-0.39, 0.29) is 0 Å². The summed E-state index contributed by atoms with van der Waals surface area (Å²) in [5, 5.41) is 3.52. The predicted octanol–water partition coefficient (Wildman–Crippen LogP) is 3.20. The third-order valence-electron chi connectivity index (χ3n) is 2.55. The maximum Gasteiger partial charge on any atom is 0.00700 e. The molecule has 1 fully saturated rings. The first kappa shape index (κ1) is 12.0. The molecule has 1 heteroatoms. The Hall–Kier alpha value is -0.0400. The molecule has 0 radical (unpaired) electrons. The third kappa shape index (κ3) is 4.76. The molecule has 1 saturated heterocycles. The van der Waals surface area contributed by atoms with Gasteiger partial charge >= 0.3 is 0 Å². The molecule has 0 aromatic heterocycles. The quantitative estimate of drug-likeness (QED) is 0.687. The summed E-state index contributed by atoms with van der Waals surface area (Å²) in [7, 11) is 0. The van der Waals surface area contributed by atoms with Gasteiger partial charge in [-0.3, -0.25) is 0 Å². The summed E-state index contributed by atoms with van der Waals surface area (Å²) >= 11 is 0. The van der Waals surface area contributed by atoms with Crippen LogP contribution in [0.2, 0.25) is 0 Å². The molecule has 2 unspecified atom stereocenters. The van der Waals surface area contributed by atoms with Crippen LogP contribution < -0.4 is 5.32 Å². The van der Waals surface area contributed by atoms with Gasteiger partial charge in [0.15, 0.2) is 0 Å². The molecule has 1 N–H and O–H groups in total. The molecule has 1 nitrogen and oxygen atoms in total. The predicted molar refractivity (Wildman–Crippen MR) is 56.4 cm³/mol. The number of hydrogen-bond donors (Lipinski definition) is 1. The van der Waals surface area contributed by atoms with Crippen LogP contribution in [0.25, 0.3) is 0 Å². The summed E-state index contributed by atoms with van der Waals surface area (Å²) in [5.74, 6) is 0.913. The van der Waals surface area contributed by atoms with Gasteiger partial charge in [0, 0.05) is 6.04 Å². The van der Waals surface area contributed by atoms with Crippen molar-refractivity contribution in [2.45, 2.75) is 59.4 Å². The Balaban J connectivity index is 0.000000561. The molecule has 0 saturated carbocycles. The summed E-state index contributed by atoms with van der Waals surface area (Å²) in [4.78, 5) is 0. The highest BCUT2D eigenvalue weighted by atomic mass is 14.9. The summed E-state index contributed by atoms with van der Waals surface area (Å²) < 4.78 is 0. The molecule has 0 aromatic rings. The largest absolute Gasteiger partial charge is 0.314 e. The molecule has 0 bridgehead atoms. The molecule has 1 heterocycles. The summed E-state index contributed by atoms with van der Waals surface area (Å²) in [6.45, 7) is 9.88. The van der Waals surface area contributed by atoms with Crippen LogP contribution in [-0.2, 0) is 0 Å². The number of hydrogen-bond acceptors (Lipinski definition) is 1. The van der Waals surface area contributed by atoms with Crippen LogP contribution in [-0.4, -0.2) is 12.6 Å². The van der Waals surface area contributed by atoms with E-state index in [0.29, 0.717) is 0 Å². The first-order valence-corrected chi connectivity index (χ1v) is 5.56. The van der Waals surface area contributed by atoms with Gasteiger partial charge in [-0.15, -0.1) is 0 Å². The SMILES string of the molecule is CC.CCC(C)CC1CCCN1. The normalized spacial score (nSPS) is 24.5.